The zero-order valence-electron chi connectivity index (χ0n) is 43.9. The fraction of sp³-hybridized carbons (Fsp3) is 0.796. The van der Waals surface area contributed by atoms with E-state index in [1.54, 1.807) is 14.2 Å². The number of allylic oxidation sites excluding steroid dienone is 3. The molecule has 384 valence electrons. The van der Waals surface area contributed by atoms with E-state index in [0.717, 1.165) is 17.6 Å². The van der Waals surface area contributed by atoms with Crippen LogP contribution in [-0.2, 0) is 51.9 Å². The van der Waals surface area contributed by atoms with Gasteiger partial charge in [0.1, 0.15) is 29.8 Å². The third-order valence-corrected chi connectivity index (χ3v) is 21.6. The SMILES string of the molecule is CC[C@@H](C)[C@H]1O[C@]2(C=C[C@@H]1C)C[C@@H]1C[C@@H](C/C=C(\C)C([C@H]3C[C@H](OC)[C@@H](O[C@H]4C[C@H](OC)[C@H](N)[C@H](C)O4)[C@H](C)O3)[C@@H](C)/C=C/C=C3\CO[C@@H]4[C@H](O[Si](C)(C)C(C)(C)C)C(C)=C[C@@H](C(=O)O1)[C@]34O)O2. The van der Waals surface area contributed by atoms with Crippen molar-refractivity contribution in [3.05, 3.63) is 59.3 Å². The number of hydrogen-bond acceptors (Lipinski definition) is 13. The number of ether oxygens (including phenoxy) is 9. The maximum absolute atomic E-state index is 14.9. The van der Waals surface area contributed by atoms with E-state index < -0.39 is 56.2 Å². The Hall–Kier alpha value is -2.05. The quantitative estimate of drug-likeness (QED) is 0.129. The Morgan fingerprint density at radius 2 is 1.66 bits per heavy atom. The van der Waals surface area contributed by atoms with Crippen molar-refractivity contribution in [2.75, 3.05) is 20.8 Å². The monoisotopic (exact) mass is 970 g/mol. The van der Waals surface area contributed by atoms with Gasteiger partial charge in [-0.2, -0.15) is 0 Å². The first-order valence-corrected chi connectivity index (χ1v) is 28.6. The van der Waals surface area contributed by atoms with E-state index in [1.165, 1.54) is 0 Å². The summed E-state index contributed by atoms with van der Waals surface area (Å²) in [4.78, 5) is 14.9. The normalized spacial score (nSPS) is 46.4. The lowest BCUT2D eigenvalue weighted by Crippen LogP contribution is -2.60. The molecule has 3 N–H and O–H groups in total. The van der Waals surface area contributed by atoms with Crippen molar-refractivity contribution in [3.8, 4) is 0 Å². The van der Waals surface area contributed by atoms with Gasteiger partial charge in [-0.05, 0) is 81.3 Å². The zero-order valence-corrected chi connectivity index (χ0v) is 44.9. The summed E-state index contributed by atoms with van der Waals surface area (Å²) in [6, 6.07) is -0.248. The van der Waals surface area contributed by atoms with Crippen LogP contribution in [0.15, 0.2) is 59.3 Å². The molecule has 20 atom stereocenters. The number of methoxy groups -OCH3 is 2. The van der Waals surface area contributed by atoms with Crippen molar-refractivity contribution in [2.45, 2.75) is 224 Å². The number of aliphatic hydroxyl groups is 1. The van der Waals surface area contributed by atoms with Crippen molar-refractivity contribution in [1.29, 1.82) is 0 Å². The van der Waals surface area contributed by atoms with Crippen LogP contribution in [0.5, 0.6) is 0 Å². The molecule has 1 spiro atoms. The van der Waals surface area contributed by atoms with Crippen LogP contribution in [0.2, 0.25) is 18.1 Å². The summed E-state index contributed by atoms with van der Waals surface area (Å²) in [6.07, 6.45) is 13.4. The Morgan fingerprint density at radius 3 is 2.34 bits per heavy atom. The Bertz CT molecular complexity index is 1930. The van der Waals surface area contributed by atoms with Crippen molar-refractivity contribution < 1.29 is 57.0 Å². The minimum atomic E-state index is -2.36. The van der Waals surface area contributed by atoms with Crippen molar-refractivity contribution in [3.63, 3.8) is 0 Å². The van der Waals surface area contributed by atoms with Crippen LogP contribution in [0.3, 0.4) is 0 Å². The van der Waals surface area contributed by atoms with Gasteiger partial charge in [-0.3, -0.25) is 4.79 Å². The molecule has 0 aromatic carbocycles. The van der Waals surface area contributed by atoms with Gasteiger partial charge in [-0.15, -0.1) is 0 Å². The van der Waals surface area contributed by atoms with Gasteiger partial charge >= 0.3 is 5.97 Å². The minimum Gasteiger partial charge on any atom is -0.462 e. The molecule has 4 saturated heterocycles. The molecule has 0 aromatic heterocycles. The van der Waals surface area contributed by atoms with Crippen molar-refractivity contribution in [1.82, 2.24) is 0 Å². The minimum absolute atomic E-state index is 0.0277. The standard InChI is InChI=1S/C54H87NO12Si/c1-16-30(2)47-33(5)22-23-53(66-47)28-39-25-38(65-53)21-20-32(4)45(41-26-43(59-13)49(36(8)61-41)64-44-27-42(58-12)46(55)35(7)62-44)31(3)18-17-19-37-29-60-50-48(67-68(14,15)52(9,10)11)34(6)24-40(51(56)63-39)54(37,50)57/h17-20,22-24,30-31,33,35-36,38-50,57H,16,21,25-29,55H2,1-15H3/b18-17+,32-20+,37-19+/t30-,31+,33+,35+,36+,38-,39+,40+,41-,42+,43+,44+,45?,46-,47-,48-,49+,50-,53-,54-/m1/s1. The molecule has 0 radical (unpaired) electrons. The summed E-state index contributed by atoms with van der Waals surface area (Å²) in [7, 11) is 1.05. The summed E-state index contributed by atoms with van der Waals surface area (Å²) in [5.74, 6) is -2.23. The van der Waals surface area contributed by atoms with Crippen LogP contribution >= 0.6 is 0 Å². The summed E-state index contributed by atoms with van der Waals surface area (Å²) < 4.78 is 66.2. The van der Waals surface area contributed by atoms with E-state index in [0.29, 0.717) is 37.7 Å². The highest BCUT2D eigenvalue weighted by molar-refractivity contribution is 6.74. The van der Waals surface area contributed by atoms with E-state index in [4.69, 9.17) is 52.8 Å². The Labute approximate surface area is 409 Å². The zero-order chi connectivity index (χ0) is 49.7. The highest BCUT2D eigenvalue weighted by Crippen LogP contribution is 2.50. The van der Waals surface area contributed by atoms with Crippen molar-refractivity contribution in [2.24, 2.45) is 35.3 Å². The maximum atomic E-state index is 14.9. The van der Waals surface area contributed by atoms with Crippen LogP contribution < -0.4 is 5.73 Å². The summed E-state index contributed by atoms with van der Waals surface area (Å²) in [5, 5.41) is 13.2. The molecule has 7 aliphatic rings. The van der Waals surface area contributed by atoms with Gasteiger partial charge in [0.15, 0.2) is 20.4 Å². The smallest absolute Gasteiger partial charge is 0.316 e. The molecule has 7 rings (SSSR count). The fourth-order valence-electron chi connectivity index (χ4n) is 11.7. The molecule has 1 aliphatic carbocycles. The second-order valence-electron chi connectivity index (χ2n) is 23.0. The molecule has 1 unspecified atom stereocenters. The van der Waals surface area contributed by atoms with Crippen LogP contribution in [-0.4, -0.2) is 131 Å². The van der Waals surface area contributed by atoms with Gasteiger partial charge in [0, 0.05) is 51.7 Å². The van der Waals surface area contributed by atoms with Crippen LogP contribution in [0.4, 0.5) is 0 Å². The first-order chi connectivity index (χ1) is 31.9. The van der Waals surface area contributed by atoms with E-state index in [1.807, 2.05) is 45.1 Å². The number of nitrogens with two attached hydrogens (primary N) is 1. The molecule has 0 aromatic rings. The number of carbonyl (C=O) groups excluding carboxylic acids is 1. The molecule has 4 fully saturated rings. The molecular weight excluding hydrogens is 883 g/mol. The number of rotatable bonds is 9. The Balaban J connectivity index is 1.26. The number of carbonyl (C=O) groups is 1. The lowest BCUT2D eigenvalue weighted by Gasteiger charge is -2.49. The van der Waals surface area contributed by atoms with Crippen LogP contribution in [0.25, 0.3) is 0 Å². The lowest BCUT2D eigenvalue weighted by molar-refractivity contribution is -0.300. The van der Waals surface area contributed by atoms with E-state index in [9.17, 15) is 9.90 Å². The molecule has 6 aliphatic heterocycles. The topological polar surface area (TPSA) is 156 Å². The first kappa shape index (κ1) is 53.7. The predicted octanol–water partition coefficient (Wildman–Crippen LogP) is 8.65. The van der Waals surface area contributed by atoms with Gasteiger partial charge < -0.3 is 57.9 Å². The van der Waals surface area contributed by atoms with Gasteiger partial charge in [0.05, 0.1) is 61.5 Å². The average molecular weight is 970 g/mol. The molecule has 0 saturated carbocycles. The second-order valence-corrected chi connectivity index (χ2v) is 27.7. The van der Waals surface area contributed by atoms with Gasteiger partial charge in [0.25, 0.3) is 0 Å². The number of hydrogen-bond donors (Lipinski definition) is 2. The van der Waals surface area contributed by atoms with Gasteiger partial charge in [-0.25, -0.2) is 0 Å². The maximum Gasteiger partial charge on any atom is 0.316 e. The lowest BCUT2D eigenvalue weighted by atomic mass is 9.71. The van der Waals surface area contributed by atoms with Crippen molar-refractivity contribution >= 4 is 14.3 Å². The van der Waals surface area contributed by atoms with Gasteiger partial charge in [0.2, 0.25) is 0 Å². The summed E-state index contributed by atoms with van der Waals surface area (Å²) in [5.41, 5.74) is 7.29. The van der Waals surface area contributed by atoms with Crippen LogP contribution in [0.1, 0.15) is 115 Å². The van der Waals surface area contributed by atoms with E-state index >= 15 is 0 Å². The molecule has 13 nitrogen and oxygen atoms in total. The third kappa shape index (κ3) is 10.8. The largest absolute Gasteiger partial charge is 0.462 e. The number of esters is 1. The summed E-state index contributed by atoms with van der Waals surface area (Å²) in [6.45, 7) is 28.1. The molecule has 68 heavy (non-hydrogen) atoms. The summed E-state index contributed by atoms with van der Waals surface area (Å²) >= 11 is 0. The number of fused-ring (bicyclic) bond motifs is 2. The molecule has 6 heterocycles. The predicted molar refractivity (Wildman–Crippen MR) is 264 cm³/mol. The Morgan fingerprint density at radius 1 is 0.941 bits per heavy atom. The second kappa shape index (κ2) is 21.2. The molecule has 14 heteroatoms. The van der Waals surface area contributed by atoms with E-state index in [2.05, 4.69) is 86.7 Å². The molecular formula is C54H87NO12Si. The highest BCUT2D eigenvalue weighted by atomic mass is 28.4. The Kier molecular flexibility index (Phi) is 16.7. The molecule has 0 amide bonds. The third-order valence-electron chi connectivity index (χ3n) is 17.1. The first-order valence-electron chi connectivity index (χ1n) is 25.7. The van der Waals surface area contributed by atoms with Crippen LogP contribution in [0, 0.1) is 29.6 Å². The average Bonchev–Trinajstić information content (AvgIpc) is 3.61. The van der Waals surface area contributed by atoms with E-state index in [-0.39, 0.29) is 90.2 Å². The molecule has 2 bridgehead atoms. The highest BCUT2D eigenvalue weighted by Gasteiger charge is 2.62. The van der Waals surface area contributed by atoms with Gasteiger partial charge in [-0.1, -0.05) is 96.9 Å². The fourth-order valence-corrected chi connectivity index (χ4v) is 13.0.